The smallest absolute Gasteiger partial charge is 0.0854 e. The molecule has 0 aromatic heterocycles. The van der Waals surface area contributed by atoms with Crippen molar-refractivity contribution in [1.29, 1.82) is 0 Å². The second-order valence-corrected chi connectivity index (χ2v) is 3.48. The zero-order valence-electron chi connectivity index (χ0n) is 8.40. The van der Waals surface area contributed by atoms with Crippen molar-refractivity contribution in [3.63, 3.8) is 0 Å². The summed E-state index contributed by atoms with van der Waals surface area (Å²) in [5, 5.41) is 0. The maximum Gasteiger partial charge on any atom is 0.0854 e. The van der Waals surface area contributed by atoms with Gasteiger partial charge in [-0.05, 0) is 12.5 Å². The monoisotopic (exact) mass is 192 g/mol. The van der Waals surface area contributed by atoms with Crippen LogP contribution in [-0.2, 0) is 6.54 Å². The largest absolute Gasteiger partial charge is 0.412 e. The third-order valence-corrected chi connectivity index (χ3v) is 2.27. The molecule has 1 aromatic carbocycles. The third-order valence-electron chi connectivity index (χ3n) is 2.27. The Morgan fingerprint density at radius 1 is 1.29 bits per heavy atom. The van der Waals surface area contributed by atoms with E-state index in [2.05, 4.69) is 41.1 Å². The Bertz CT molecular complexity index is 306. The Balaban J connectivity index is 0.000000980. The molecular weight excluding hydrogens is 176 g/mol. The Kier molecular flexibility index (Phi) is 3.65. The van der Waals surface area contributed by atoms with Crippen LogP contribution in [0.1, 0.15) is 11.1 Å². The topological polar surface area (TPSA) is 47.1 Å². The standard InChI is InChI=1S/C11H14N2.H2O/c1-10-2-4-11(5-3-10)8-13-7-6-12-9-13;/h2-5,9H,6-8H2,1H3;1H2. The van der Waals surface area contributed by atoms with Crippen molar-refractivity contribution in [3.05, 3.63) is 35.4 Å². The average Bonchev–Trinajstić information content (AvgIpc) is 2.62. The molecular formula is C11H16N2O. The van der Waals surface area contributed by atoms with Crippen LogP contribution in [0.3, 0.4) is 0 Å². The van der Waals surface area contributed by atoms with Crippen molar-refractivity contribution in [2.75, 3.05) is 13.1 Å². The lowest BCUT2D eigenvalue weighted by molar-refractivity contribution is 0.463. The van der Waals surface area contributed by atoms with E-state index in [4.69, 9.17) is 0 Å². The maximum atomic E-state index is 4.18. The molecule has 2 N–H and O–H groups in total. The molecule has 0 radical (unpaired) electrons. The highest BCUT2D eigenvalue weighted by atomic mass is 16.0. The zero-order valence-corrected chi connectivity index (χ0v) is 8.40. The van der Waals surface area contributed by atoms with Gasteiger partial charge in [-0.2, -0.15) is 0 Å². The molecule has 0 unspecified atom stereocenters. The Labute approximate surface area is 84.4 Å². The molecule has 1 heterocycles. The molecule has 3 nitrogen and oxygen atoms in total. The number of hydrogen-bond acceptors (Lipinski definition) is 2. The lowest BCUT2D eigenvalue weighted by Crippen LogP contribution is -2.18. The molecule has 2 rings (SSSR count). The second-order valence-electron chi connectivity index (χ2n) is 3.48. The van der Waals surface area contributed by atoms with Crippen LogP contribution in [0.15, 0.2) is 29.3 Å². The van der Waals surface area contributed by atoms with E-state index in [1.54, 1.807) is 0 Å². The third kappa shape index (κ3) is 2.57. The first kappa shape index (κ1) is 10.7. The van der Waals surface area contributed by atoms with Gasteiger partial charge in [0.15, 0.2) is 0 Å². The number of aryl methyl sites for hydroxylation is 1. The minimum atomic E-state index is 0. The van der Waals surface area contributed by atoms with Gasteiger partial charge in [-0.25, -0.2) is 0 Å². The molecule has 1 aromatic rings. The molecule has 1 aliphatic heterocycles. The molecule has 0 saturated carbocycles. The fourth-order valence-corrected chi connectivity index (χ4v) is 1.46. The van der Waals surface area contributed by atoms with Crippen LogP contribution in [0.25, 0.3) is 0 Å². The first-order valence-corrected chi connectivity index (χ1v) is 4.64. The van der Waals surface area contributed by atoms with Crippen LogP contribution >= 0.6 is 0 Å². The molecule has 0 atom stereocenters. The van der Waals surface area contributed by atoms with Gasteiger partial charge in [0, 0.05) is 13.1 Å². The van der Waals surface area contributed by atoms with Crippen molar-refractivity contribution in [2.45, 2.75) is 13.5 Å². The normalized spacial score (nSPS) is 14.2. The number of hydrogen-bond donors (Lipinski definition) is 0. The van der Waals surface area contributed by atoms with Gasteiger partial charge >= 0.3 is 0 Å². The van der Waals surface area contributed by atoms with E-state index in [0.717, 1.165) is 19.6 Å². The Morgan fingerprint density at radius 3 is 2.57 bits per heavy atom. The van der Waals surface area contributed by atoms with Crippen LogP contribution in [-0.4, -0.2) is 29.8 Å². The molecule has 1 aliphatic rings. The van der Waals surface area contributed by atoms with E-state index in [-0.39, 0.29) is 5.48 Å². The summed E-state index contributed by atoms with van der Waals surface area (Å²) in [4.78, 5) is 6.42. The fourth-order valence-electron chi connectivity index (χ4n) is 1.46. The van der Waals surface area contributed by atoms with Crippen molar-refractivity contribution in [1.82, 2.24) is 4.90 Å². The fraction of sp³-hybridized carbons (Fsp3) is 0.364. The van der Waals surface area contributed by atoms with Gasteiger partial charge in [0.1, 0.15) is 0 Å². The number of benzene rings is 1. The van der Waals surface area contributed by atoms with Crippen LogP contribution < -0.4 is 0 Å². The number of rotatable bonds is 2. The van der Waals surface area contributed by atoms with E-state index < -0.39 is 0 Å². The minimum Gasteiger partial charge on any atom is -0.412 e. The van der Waals surface area contributed by atoms with E-state index in [9.17, 15) is 0 Å². The molecule has 0 aliphatic carbocycles. The Morgan fingerprint density at radius 2 is 2.00 bits per heavy atom. The summed E-state index contributed by atoms with van der Waals surface area (Å²) in [6, 6.07) is 8.67. The quantitative estimate of drug-likeness (QED) is 0.690. The summed E-state index contributed by atoms with van der Waals surface area (Å²) in [5.41, 5.74) is 2.68. The van der Waals surface area contributed by atoms with E-state index in [1.165, 1.54) is 11.1 Å². The molecule has 76 valence electrons. The summed E-state index contributed by atoms with van der Waals surface area (Å²) >= 11 is 0. The average molecular weight is 192 g/mol. The first-order chi connectivity index (χ1) is 6.34. The number of nitrogens with zero attached hydrogens (tertiary/aromatic N) is 2. The summed E-state index contributed by atoms with van der Waals surface area (Å²) in [7, 11) is 0. The lowest BCUT2D eigenvalue weighted by atomic mass is 10.1. The highest BCUT2D eigenvalue weighted by molar-refractivity contribution is 5.57. The van der Waals surface area contributed by atoms with Gasteiger partial charge in [-0.15, -0.1) is 0 Å². The van der Waals surface area contributed by atoms with E-state index in [1.807, 2.05) is 6.34 Å². The van der Waals surface area contributed by atoms with Crippen LogP contribution in [0.2, 0.25) is 0 Å². The molecule has 14 heavy (non-hydrogen) atoms. The molecule has 3 heteroatoms. The molecule has 0 amide bonds. The second kappa shape index (κ2) is 4.77. The molecule has 0 saturated heterocycles. The van der Waals surface area contributed by atoms with E-state index >= 15 is 0 Å². The lowest BCUT2D eigenvalue weighted by Gasteiger charge is -2.13. The summed E-state index contributed by atoms with van der Waals surface area (Å²) < 4.78 is 0. The highest BCUT2D eigenvalue weighted by Gasteiger charge is 2.04. The predicted molar refractivity (Wildman–Crippen MR) is 58.6 cm³/mol. The first-order valence-electron chi connectivity index (χ1n) is 4.64. The maximum absolute atomic E-state index is 4.18. The van der Waals surface area contributed by atoms with Gasteiger partial charge in [-0.3, -0.25) is 4.99 Å². The van der Waals surface area contributed by atoms with Crippen molar-refractivity contribution in [2.24, 2.45) is 4.99 Å². The summed E-state index contributed by atoms with van der Waals surface area (Å²) in [5.74, 6) is 0. The van der Waals surface area contributed by atoms with Crippen LogP contribution in [0.4, 0.5) is 0 Å². The predicted octanol–water partition coefficient (Wildman–Crippen LogP) is 1.01. The van der Waals surface area contributed by atoms with E-state index in [0.29, 0.717) is 0 Å². The SMILES string of the molecule is Cc1ccc(CN2C=NCC2)cc1.O. The van der Waals surface area contributed by atoms with Crippen LogP contribution in [0.5, 0.6) is 0 Å². The zero-order chi connectivity index (χ0) is 9.10. The summed E-state index contributed by atoms with van der Waals surface area (Å²) in [6.07, 6.45) is 1.94. The molecule has 0 spiro atoms. The van der Waals surface area contributed by atoms with Crippen molar-refractivity contribution < 1.29 is 5.48 Å². The van der Waals surface area contributed by atoms with Gasteiger partial charge in [0.25, 0.3) is 0 Å². The van der Waals surface area contributed by atoms with Gasteiger partial charge in [0.2, 0.25) is 0 Å². The van der Waals surface area contributed by atoms with Gasteiger partial charge in [0.05, 0.1) is 12.9 Å². The van der Waals surface area contributed by atoms with Crippen molar-refractivity contribution in [3.8, 4) is 0 Å². The Hall–Kier alpha value is -1.35. The van der Waals surface area contributed by atoms with Crippen LogP contribution in [0, 0.1) is 6.92 Å². The number of aliphatic imine (C=N–C) groups is 1. The van der Waals surface area contributed by atoms with Gasteiger partial charge in [-0.1, -0.05) is 29.8 Å². The summed E-state index contributed by atoms with van der Waals surface area (Å²) in [6.45, 7) is 5.12. The highest BCUT2D eigenvalue weighted by Crippen LogP contribution is 2.07. The molecule has 0 bridgehead atoms. The molecule has 0 fully saturated rings. The minimum absolute atomic E-state index is 0. The van der Waals surface area contributed by atoms with Gasteiger partial charge < -0.3 is 10.4 Å². The van der Waals surface area contributed by atoms with Crippen molar-refractivity contribution >= 4 is 6.34 Å².